The molecule has 4 nitrogen and oxygen atoms in total. The average Bonchev–Trinajstić information content (AvgIpc) is 2.93. The van der Waals surface area contributed by atoms with Crippen LogP contribution in [0, 0.1) is 13.8 Å². The van der Waals surface area contributed by atoms with Crippen LogP contribution in [0.3, 0.4) is 0 Å². The van der Waals surface area contributed by atoms with Gasteiger partial charge >= 0.3 is 5.97 Å². The van der Waals surface area contributed by atoms with Crippen molar-refractivity contribution in [1.29, 1.82) is 0 Å². The Balaban J connectivity index is 2.03. The molecule has 0 aliphatic heterocycles. The summed E-state index contributed by atoms with van der Waals surface area (Å²) in [6.45, 7) is 4.47. The number of carboxylic acids is 1. The van der Waals surface area contributed by atoms with E-state index in [1.54, 1.807) is 13.0 Å². The number of para-hydroxylation sites is 1. The largest absolute Gasteiger partial charge is 0.475 e. The van der Waals surface area contributed by atoms with Crippen molar-refractivity contribution < 1.29 is 14.3 Å². The average molecular weight is 269 g/mol. The van der Waals surface area contributed by atoms with Gasteiger partial charge in [-0.15, -0.1) is 0 Å². The summed E-state index contributed by atoms with van der Waals surface area (Å²) in [5, 5.41) is 10.2. The molecular formula is C16H15NO3. The van der Waals surface area contributed by atoms with Crippen LogP contribution in [0.15, 0.2) is 40.9 Å². The fraction of sp³-hybridized carbons (Fsp3) is 0.188. The number of hydrogen-bond donors (Lipinski definition) is 1. The van der Waals surface area contributed by atoms with E-state index in [9.17, 15) is 4.79 Å². The highest BCUT2D eigenvalue weighted by Crippen LogP contribution is 2.23. The second kappa shape index (κ2) is 4.56. The zero-order valence-corrected chi connectivity index (χ0v) is 11.4. The second-order valence-electron chi connectivity index (χ2n) is 4.95. The van der Waals surface area contributed by atoms with E-state index < -0.39 is 5.97 Å². The fourth-order valence-electron chi connectivity index (χ4n) is 2.53. The van der Waals surface area contributed by atoms with Gasteiger partial charge in [-0.25, -0.2) is 4.79 Å². The number of aromatic nitrogens is 1. The first-order valence-electron chi connectivity index (χ1n) is 6.43. The highest BCUT2D eigenvalue weighted by molar-refractivity contribution is 5.85. The van der Waals surface area contributed by atoms with Gasteiger partial charge in [0.1, 0.15) is 5.76 Å². The number of aryl methyl sites for hydroxylation is 2. The Kier molecular flexibility index (Phi) is 2.86. The predicted molar refractivity (Wildman–Crippen MR) is 76.2 cm³/mol. The lowest BCUT2D eigenvalue weighted by molar-refractivity contribution is 0.0661. The molecule has 2 aromatic heterocycles. The minimum atomic E-state index is -1.03. The molecule has 0 saturated heterocycles. The van der Waals surface area contributed by atoms with Crippen LogP contribution in [0.4, 0.5) is 0 Å². The molecule has 0 aliphatic rings. The molecule has 1 aromatic carbocycles. The summed E-state index contributed by atoms with van der Waals surface area (Å²) in [4.78, 5) is 10.9. The standard InChI is InChI=1S/C16H15NO3/c1-10-8-17(14-6-4-3-5-13(10)14)9-12-7-15(16(18)19)20-11(12)2/h3-8H,9H2,1-2H3,(H,18,19). The minimum absolute atomic E-state index is 0.00863. The number of aromatic carboxylic acids is 1. The molecule has 0 bridgehead atoms. The predicted octanol–water partition coefficient (Wildman–Crippen LogP) is 3.60. The van der Waals surface area contributed by atoms with Gasteiger partial charge < -0.3 is 14.1 Å². The van der Waals surface area contributed by atoms with E-state index in [1.165, 1.54) is 10.9 Å². The summed E-state index contributed by atoms with van der Waals surface area (Å²) >= 11 is 0. The quantitative estimate of drug-likeness (QED) is 0.790. The van der Waals surface area contributed by atoms with Crippen LogP contribution in [0.2, 0.25) is 0 Å². The number of carboxylic acid groups (broad SMARTS) is 1. The van der Waals surface area contributed by atoms with Gasteiger partial charge in [0.05, 0.1) is 6.54 Å². The van der Waals surface area contributed by atoms with Gasteiger partial charge in [-0.05, 0) is 31.5 Å². The summed E-state index contributed by atoms with van der Waals surface area (Å²) in [6.07, 6.45) is 2.08. The van der Waals surface area contributed by atoms with Crippen molar-refractivity contribution in [1.82, 2.24) is 4.57 Å². The molecular weight excluding hydrogens is 254 g/mol. The third-order valence-corrected chi connectivity index (χ3v) is 3.56. The Bertz CT molecular complexity index is 795. The third kappa shape index (κ3) is 1.99. The number of rotatable bonds is 3. The number of carbonyl (C=O) groups is 1. The van der Waals surface area contributed by atoms with Crippen molar-refractivity contribution in [2.75, 3.05) is 0 Å². The maximum atomic E-state index is 10.9. The molecule has 2 heterocycles. The first-order chi connectivity index (χ1) is 9.56. The van der Waals surface area contributed by atoms with Crippen LogP contribution in [0.5, 0.6) is 0 Å². The van der Waals surface area contributed by atoms with Crippen molar-refractivity contribution >= 4 is 16.9 Å². The first kappa shape index (κ1) is 12.5. The molecule has 1 N–H and O–H groups in total. The molecule has 102 valence electrons. The molecule has 3 aromatic rings. The van der Waals surface area contributed by atoms with Crippen LogP contribution in [-0.4, -0.2) is 15.6 Å². The number of furan rings is 1. The zero-order valence-electron chi connectivity index (χ0n) is 11.4. The lowest BCUT2D eigenvalue weighted by Gasteiger charge is -2.03. The van der Waals surface area contributed by atoms with Crippen molar-refractivity contribution in [3.05, 3.63) is 59.2 Å². The number of nitrogens with zero attached hydrogens (tertiary/aromatic N) is 1. The Morgan fingerprint density at radius 1 is 1.30 bits per heavy atom. The molecule has 0 fully saturated rings. The molecule has 0 amide bonds. The van der Waals surface area contributed by atoms with Gasteiger partial charge in [0.15, 0.2) is 0 Å². The fourth-order valence-corrected chi connectivity index (χ4v) is 2.53. The summed E-state index contributed by atoms with van der Waals surface area (Å²) in [6, 6.07) is 9.78. The van der Waals surface area contributed by atoms with Gasteiger partial charge in [0.2, 0.25) is 5.76 Å². The maximum Gasteiger partial charge on any atom is 0.371 e. The SMILES string of the molecule is Cc1oc(C(=O)O)cc1Cn1cc(C)c2ccccc21. The van der Waals surface area contributed by atoms with Gasteiger partial charge in [-0.3, -0.25) is 0 Å². The summed E-state index contributed by atoms with van der Waals surface area (Å²) in [7, 11) is 0. The number of fused-ring (bicyclic) bond motifs is 1. The topological polar surface area (TPSA) is 55.4 Å². The molecule has 0 radical (unpaired) electrons. The van der Waals surface area contributed by atoms with E-state index in [0.29, 0.717) is 12.3 Å². The Morgan fingerprint density at radius 2 is 2.05 bits per heavy atom. The number of benzene rings is 1. The first-order valence-corrected chi connectivity index (χ1v) is 6.43. The number of hydrogen-bond acceptors (Lipinski definition) is 2. The molecule has 0 spiro atoms. The lowest BCUT2D eigenvalue weighted by atomic mass is 10.2. The molecule has 3 rings (SSSR count). The summed E-state index contributed by atoms with van der Waals surface area (Å²) < 4.78 is 7.37. The van der Waals surface area contributed by atoms with Crippen molar-refractivity contribution in [3.8, 4) is 0 Å². The van der Waals surface area contributed by atoms with Crippen LogP contribution >= 0.6 is 0 Å². The highest BCUT2D eigenvalue weighted by atomic mass is 16.4. The summed E-state index contributed by atoms with van der Waals surface area (Å²) in [5.74, 6) is -0.392. The lowest BCUT2D eigenvalue weighted by Crippen LogP contribution is -1.98. The molecule has 0 atom stereocenters. The van der Waals surface area contributed by atoms with E-state index in [2.05, 4.69) is 29.8 Å². The highest BCUT2D eigenvalue weighted by Gasteiger charge is 2.14. The normalized spacial score (nSPS) is 11.1. The van der Waals surface area contributed by atoms with Gasteiger partial charge in [-0.1, -0.05) is 18.2 Å². The Labute approximate surface area is 116 Å². The van der Waals surface area contributed by atoms with E-state index in [4.69, 9.17) is 9.52 Å². The second-order valence-corrected chi connectivity index (χ2v) is 4.95. The summed E-state index contributed by atoms with van der Waals surface area (Å²) in [5.41, 5.74) is 3.24. The van der Waals surface area contributed by atoms with E-state index in [-0.39, 0.29) is 5.76 Å². The Morgan fingerprint density at radius 3 is 2.75 bits per heavy atom. The van der Waals surface area contributed by atoms with Gasteiger partial charge in [0.25, 0.3) is 0 Å². The molecule has 20 heavy (non-hydrogen) atoms. The molecule has 0 unspecified atom stereocenters. The molecule has 4 heteroatoms. The van der Waals surface area contributed by atoms with Crippen LogP contribution in [-0.2, 0) is 6.54 Å². The van der Waals surface area contributed by atoms with Gasteiger partial charge in [-0.2, -0.15) is 0 Å². The zero-order chi connectivity index (χ0) is 14.3. The van der Waals surface area contributed by atoms with Crippen molar-refractivity contribution in [2.24, 2.45) is 0 Å². The van der Waals surface area contributed by atoms with Crippen molar-refractivity contribution in [2.45, 2.75) is 20.4 Å². The molecule has 0 saturated carbocycles. The van der Waals surface area contributed by atoms with E-state index in [0.717, 1.165) is 11.1 Å². The molecule has 0 aliphatic carbocycles. The van der Waals surface area contributed by atoms with Crippen LogP contribution in [0.1, 0.15) is 27.4 Å². The van der Waals surface area contributed by atoms with Gasteiger partial charge in [0, 0.05) is 22.7 Å². The smallest absolute Gasteiger partial charge is 0.371 e. The van der Waals surface area contributed by atoms with Crippen LogP contribution < -0.4 is 0 Å². The van der Waals surface area contributed by atoms with E-state index >= 15 is 0 Å². The van der Waals surface area contributed by atoms with Crippen molar-refractivity contribution in [3.63, 3.8) is 0 Å². The Hall–Kier alpha value is -2.49. The monoisotopic (exact) mass is 269 g/mol. The third-order valence-electron chi connectivity index (χ3n) is 3.56. The maximum absolute atomic E-state index is 10.9. The van der Waals surface area contributed by atoms with Crippen LogP contribution in [0.25, 0.3) is 10.9 Å². The van der Waals surface area contributed by atoms with E-state index in [1.807, 2.05) is 12.1 Å². The minimum Gasteiger partial charge on any atom is -0.475 e.